The summed E-state index contributed by atoms with van der Waals surface area (Å²) in [6.45, 7) is 2.16. The predicted octanol–water partition coefficient (Wildman–Crippen LogP) is 7.16. The van der Waals surface area contributed by atoms with Crippen LogP contribution in [0.2, 0.25) is 0 Å². The SMILES string of the molecule is CCC1=CC[C-]=C1.Cl.Cl.[CH3-].[CH3-].[Si]=[Ti].c1ccc2c(c1)[cH-]c1ccccc12. The van der Waals surface area contributed by atoms with Gasteiger partial charge in [-0.2, -0.15) is 6.08 Å². The van der Waals surface area contributed by atoms with Gasteiger partial charge >= 0.3 is 26.8 Å². The molecule has 0 aliphatic heterocycles. The molecule has 0 N–H and O–H groups in total. The molecule has 3 aromatic carbocycles. The number of hydrogen-bond acceptors (Lipinski definition) is 0. The quantitative estimate of drug-likeness (QED) is 0.280. The molecular weight excluding hydrogens is 411 g/mol. The molecule has 0 saturated carbocycles. The van der Waals surface area contributed by atoms with Gasteiger partial charge in [0.1, 0.15) is 0 Å². The molecule has 1 aliphatic rings. The Kier molecular flexibility index (Phi) is 19.0. The summed E-state index contributed by atoms with van der Waals surface area (Å²) in [5.74, 6) is 0. The zero-order valence-corrected chi connectivity index (χ0v) is 19.8. The van der Waals surface area contributed by atoms with Crippen molar-refractivity contribution in [3.8, 4) is 0 Å². The van der Waals surface area contributed by atoms with E-state index in [2.05, 4.69) is 87.4 Å². The number of hydrogen-bond donors (Lipinski definition) is 0. The van der Waals surface area contributed by atoms with Gasteiger partial charge in [0.15, 0.2) is 0 Å². The normalized spacial score (nSPS) is 10.4. The zero-order valence-electron chi connectivity index (χ0n) is 15.6. The summed E-state index contributed by atoms with van der Waals surface area (Å²) in [6, 6.07) is 19.3. The van der Waals surface area contributed by atoms with Crippen LogP contribution in [0.1, 0.15) is 19.8 Å². The van der Waals surface area contributed by atoms with Crippen LogP contribution in [0.3, 0.4) is 0 Å². The third kappa shape index (κ3) is 7.90. The summed E-state index contributed by atoms with van der Waals surface area (Å²) in [6.07, 6.45) is 9.57. The Hall–Kier alpha value is -0.699. The Morgan fingerprint density at radius 1 is 0.923 bits per heavy atom. The molecule has 4 rings (SSSR count). The maximum absolute atomic E-state index is 3.11. The van der Waals surface area contributed by atoms with Gasteiger partial charge in [-0.25, -0.2) is 11.6 Å². The molecule has 140 valence electrons. The van der Waals surface area contributed by atoms with Crippen molar-refractivity contribution in [2.45, 2.75) is 19.8 Å². The Morgan fingerprint density at radius 2 is 1.38 bits per heavy atom. The summed E-state index contributed by atoms with van der Waals surface area (Å²) in [4.78, 5) is 0. The largest absolute Gasteiger partial charge is 0.126 e. The fourth-order valence-corrected chi connectivity index (χ4v) is 2.59. The van der Waals surface area contributed by atoms with Crippen LogP contribution >= 0.6 is 24.8 Å². The molecule has 0 nitrogen and oxygen atoms in total. The first kappa shape index (κ1) is 30.0. The van der Waals surface area contributed by atoms with E-state index in [0.29, 0.717) is 0 Å². The van der Waals surface area contributed by atoms with Crippen LogP contribution in [0.25, 0.3) is 21.5 Å². The Morgan fingerprint density at radius 3 is 1.73 bits per heavy atom. The second-order valence-corrected chi connectivity index (χ2v) is 5.00. The van der Waals surface area contributed by atoms with Gasteiger partial charge < -0.3 is 14.9 Å². The van der Waals surface area contributed by atoms with Gasteiger partial charge in [0, 0.05) is 0 Å². The minimum Gasteiger partial charge on any atom is -0.126 e. The number of rotatable bonds is 1. The Labute approximate surface area is 185 Å². The number of allylic oxidation sites excluding steroid dienone is 4. The van der Waals surface area contributed by atoms with Crippen molar-refractivity contribution in [1.29, 1.82) is 0 Å². The summed E-state index contributed by atoms with van der Waals surface area (Å²) < 4.78 is 0. The summed E-state index contributed by atoms with van der Waals surface area (Å²) in [7, 11) is 2.97. The van der Waals surface area contributed by atoms with E-state index in [-0.39, 0.29) is 39.7 Å². The Bertz CT molecular complexity index is 756. The molecule has 0 saturated heterocycles. The van der Waals surface area contributed by atoms with Crippen molar-refractivity contribution in [1.82, 2.24) is 0 Å². The van der Waals surface area contributed by atoms with Gasteiger partial charge in [0.25, 0.3) is 0 Å². The molecule has 0 unspecified atom stereocenters. The van der Waals surface area contributed by atoms with Gasteiger partial charge in [-0.15, -0.1) is 71.0 Å². The monoisotopic (exact) mass is 436 g/mol. The fraction of sp³-hybridized carbons (Fsp3) is 0.136. The van der Waals surface area contributed by atoms with Crippen LogP contribution in [0.4, 0.5) is 0 Å². The van der Waals surface area contributed by atoms with Crippen LogP contribution in [0.5, 0.6) is 0 Å². The van der Waals surface area contributed by atoms with Gasteiger partial charge in [-0.3, -0.25) is 6.08 Å². The molecule has 0 spiro atoms. The van der Waals surface area contributed by atoms with Gasteiger partial charge in [-0.1, -0.05) is 49.7 Å². The van der Waals surface area contributed by atoms with Crippen molar-refractivity contribution in [2.24, 2.45) is 0 Å². The maximum atomic E-state index is 3.11. The van der Waals surface area contributed by atoms with Crippen LogP contribution in [0.15, 0.2) is 72.3 Å². The van der Waals surface area contributed by atoms with E-state index in [1.54, 1.807) is 19.2 Å². The number of fused-ring (bicyclic) bond motifs is 3. The summed E-state index contributed by atoms with van der Waals surface area (Å²) in [5.41, 5.74) is 1.43. The van der Waals surface area contributed by atoms with Gasteiger partial charge in [0.05, 0.1) is 0 Å². The van der Waals surface area contributed by atoms with E-state index in [1.165, 1.54) is 27.1 Å². The molecule has 0 atom stereocenters. The van der Waals surface area contributed by atoms with Crippen molar-refractivity contribution >= 4 is 54.0 Å². The van der Waals surface area contributed by atoms with E-state index in [0.717, 1.165) is 12.8 Å². The molecule has 0 aromatic heterocycles. The standard InChI is InChI=1S/C13H9.C7H9.2CH3.2ClH.Si.Ti/c1-3-7-12-10(5-1)9-11-6-2-4-8-13(11)12;1-2-7-5-3-4-6-7;;;;;;/h1-9H;5-6H,2-3H2,1H3;2*1H3;2*1H;;/q4*-1;;;;. The third-order valence-corrected chi connectivity index (χ3v) is 3.70. The first-order valence-corrected chi connectivity index (χ1v) is 10.3. The van der Waals surface area contributed by atoms with Crippen LogP contribution in [-0.2, 0) is 19.2 Å². The van der Waals surface area contributed by atoms with Crippen molar-refractivity contribution in [2.75, 3.05) is 0 Å². The number of halogens is 2. The zero-order chi connectivity index (χ0) is 15.8. The molecule has 1 aliphatic carbocycles. The number of benzene rings is 2. The van der Waals surface area contributed by atoms with E-state index >= 15 is 0 Å². The third-order valence-electron chi connectivity index (χ3n) is 3.70. The van der Waals surface area contributed by atoms with Crippen LogP contribution < -0.4 is 0 Å². The average molecular weight is 437 g/mol. The van der Waals surface area contributed by atoms with Crippen molar-refractivity contribution < 1.29 is 19.2 Å². The molecule has 3 aromatic rings. The second-order valence-electron chi connectivity index (χ2n) is 5.00. The predicted molar refractivity (Wildman–Crippen MR) is 121 cm³/mol. The maximum Gasteiger partial charge on any atom is -0.0771 e. The second kappa shape index (κ2) is 16.5. The summed E-state index contributed by atoms with van der Waals surface area (Å²) >= 11 is 1.81. The first-order chi connectivity index (χ1) is 10.9. The summed E-state index contributed by atoms with van der Waals surface area (Å²) in [5, 5.41) is 5.39. The smallest absolute Gasteiger partial charge is 0.0771 e. The van der Waals surface area contributed by atoms with E-state index < -0.39 is 0 Å². The van der Waals surface area contributed by atoms with Crippen LogP contribution in [-0.4, -0.2) is 7.63 Å². The van der Waals surface area contributed by atoms with Crippen molar-refractivity contribution in [3.63, 3.8) is 0 Å². The fourth-order valence-electron chi connectivity index (χ4n) is 2.59. The van der Waals surface area contributed by atoms with Crippen LogP contribution in [0, 0.1) is 20.9 Å². The molecule has 0 amide bonds. The van der Waals surface area contributed by atoms with E-state index in [1.807, 2.05) is 0 Å². The van der Waals surface area contributed by atoms with Gasteiger partial charge in [0.2, 0.25) is 0 Å². The molecule has 0 fully saturated rings. The molecule has 0 bridgehead atoms. The first-order valence-electron chi connectivity index (χ1n) is 7.42. The minimum atomic E-state index is 0. The molecule has 2 radical (unpaired) electrons. The van der Waals surface area contributed by atoms with E-state index in [4.69, 9.17) is 0 Å². The van der Waals surface area contributed by atoms with Gasteiger partial charge in [-0.05, 0) is 0 Å². The molecular formula is C22H26Cl2SiTi-4. The molecule has 26 heavy (non-hydrogen) atoms. The molecule has 0 heterocycles. The topological polar surface area (TPSA) is 0 Å². The molecule has 4 heteroatoms. The average Bonchev–Trinajstić information content (AvgIpc) is 3.24. The Balaban J connectivity index is -0.000000360. The van der Waals surface area contributed by atoms with E-state index in [9.17, 15) is 0 Å². The van der Waals surface area contributed by atoms with Crippen molar-refractivity contribution in [3.05, 3.63) is 93.3 Å². The minimum absolute atomic E-state index is 0.